The summed E-state index contributed by atoms with van der Waals surface area (Å²) >= 11 is 1.29. The number of carbonyl (C=O) groups is 1. The van der Waals surface area contributed by atoms with Crippen molar-refractivity contribution in [2.24, 2.45) is 0 Å². The van der Waals surface area contributed by atoms with Gasteiger partial charge in [-0.1, -0.05) is 36.0 Å². The molecule has 166 valence electrons. The van der Waals surface area contributed by atoms with E-state index in [1.54, 1.807) is 0 Å². The Morgan fingerprint density at radius 2 is 1.78 bits per heavy atom. The molecule has 4 rings (SSSR count). The number of aryl methyl sites for hydroxylation is 2. The van der Waals surface area contributed by atoms with Crippen LogP contribution in [0.2, 0.25) is 0 Å². The summed E-state index contributed by atoms with van der Waals surface area (Å²) < 4.78 is 5.44. The molecule has 0 saturated carbocycles. The zero-order chi connectivity index (χ0) is 22.3. The molecule has 0 bridgehead atoms. The number of benzene rings is 2. The Balaban J connectivity index is 1.47. The van der Waals surface area contributed by atoms with Crippen molar-refractivity contribution in [2.45, 2.75) is 19.0 Å². The van der Waals surface area contributed by atoms with E-state index < -0.39 is 0 Å². The number of nitrogens with zero attached hydrogens (tertiary/aromatic N) is 4. The highest BCUT2D eigenvalue weighted by molar-refractivity contribution is 7.99. The monoisotopic (exact) mass is 450 g/mol. The van der Waals surface area contributed by atoms with E-state index in [1.807, 2.05) is 62.4 Å². The van der Waals surface area contributed by atoms with E-state index in [1.165, 1.54) is 17.3 Å². The largest absolute Gasteiger partial charge is 0.378 e. The van der Waals surface area contributed by atoms with Gasteiger partial charge < -0.3 is 20.3 Å². The first-order valence-corrected chi connectivity index (χ1v) is 11.5. The number of thioether (sulfide) groups is 1. The number of carbonyl (C=O) groups excluding carboxylic acids is 1. The zero-order valence-electron chi connectivity index (χ0n) is 18.2. The van der Waals surface area contributed by atoms with Gasteiger partial charge in [0.25, 0.3) is 0 Å². The van der Waals surface area contributed by atoms with Crippen molar-refractivity contribution < 1.29 is 9.53 Å². The summed E-state index contributed by atoms with van der Waals surface area (Å²) in [5.41, 5.74) is 4.00. The van der Waals surface area contributed by atoms with Gasteiger partial charge in [0.2, 0.25) is 17.8 Å². The molecule has 2 heterocycles. The van der Waals surface area contributed by atoms with E-state index in [0.717, 1.165) is 16.9 Å². The first-order chi connectivity index (χ1) is 15.6. The van der Waals surface area contributed by atoms with Gasteiger partial charge in [0.05, 0.1) is 19.0 Å². The van der Waals surface area contributed by atoms with Crippen LogP contribution in [0.1, 0.15) is 11.1 Å². The second kappa shape index (κ2) is 10.4. The average molecular weight is 451 g/mol. The smallest absolute Gasteiger partial charge is 0.234 e. The van der Waals surface area contributed by atoms with Crippen LogP contribution in [0.15, 0.2) is 53.7 Å². The van der Waals surface area contributed by atoms with Gasteiger partial charge in [-0.15, -0.1) is 0 Å². The summed E-state index contributed by atoms with van der Waals surface area (Å²) in [5.74, 6) is 1.12. The number of nitrogens with one attached hydrogen (secondary N) is 2. The van der Waals surface area contributed by atoms with Gasteiger partial charge in [-0.3, -0.25) is 4.79 Å². The van der Waals surface area contributed by atoms with Gasteiger partial charge in [0, 0.05) is 24.5 Å². The Morgan fingerprint density at radius 3 is 2.53 bits per heavy atom. The number of morpholine rings is 1. The van der Waals surface area contributed by atoms with E-state index in [4.69, 9.17) is 4.74 Å². The third-order valence-electron chi connectivity index (χ3n) is 5.05. The maximum absolute atomic E-state index is 12.5. The summed E-state index contributed by atoms with van der Waals surface area (Å²) in [7, 11) is 0. The second-order valence-corrected chi connectivity index (χ2v) is 8.41. The number of para-hydroxylation sites is 1. The highest BCUT2D eigenvalue weighted by Gasteiger charge is 2.17. The summed E-state index contributed by atoms with van der Waals surface area (Å²) in [6.45, 7) is 6.77. The predicted molar refractivity (Wildman–Crippen MR) is 128 cm³/mol. The normalized spacial score (nSPS) is 13.6. The number of hydrogen-bond acceptors (Lipinski definition) is 8. The van der Waals surface area contributed by atoms with E-state index in [9.17, 15) is 4.79 Å². The van der Waals surface area contributed by atoms with Crippen LogP contribution < -0.4 is 15.5 Å². The van der Waals surface area contributed by atoms with E-state index >= 15 is 0 Å². The van der Waals surface area contributed by atoms with Crippen molar-refractivity contribution in [1.82, 2.24) is 15.0 Å². The number of ether oxygens (including phenoxy) is 1. The molecule has 1 aliphatic heterocycles. The molecule has 2 N–H and O–H groups in total. The number of anilines is 4. The van der Waals surface area contributed by atoms with E-state index in [2.05, 4.69) is 30.5 Å². The molecule has 8 nitrogen and oxygen atoms in total. The Kier molecular flexibility index (Phi) is 7.18. The molecule has 0 spiro atoms. The minimum atomic E-state index is -0.107. The minimum absolute atomic E-state index is 0.107. The number of aromatic nitrogens is 3. The third-order valence-corrected chi connectivity index (χ3v) is 5.90. The maximum atomic E-state index is 12.5. The van der Waals surface area contributed by atoms with Crippen LogP contribution in [0.3, 0.4) is 0 Å². The van der Waals surface area contributed by atoms with Gasteiger partial charge in [0.1, 0.15) is 0 Å². The van der Waals surface area contributed by atoms with Gasteiger partial charge >= 0.3 is 0 Å². The standard InChI is InChI=1S/C23H26N6O2S/c1-16-8-9-19(14-17(16)2)24-20(30)15-32-23-27-21(25-18-6-4-3-5-7-18)26-22(28-23)29-10-12-31-13-11-29/h3-9,14H,10-13,15H2,1-2H3,(H,24,30)(H,25,26,27,28). The molecular weight excluding hydrogens is 424 g/mol. The summed E-state index contributed by atoms with van der Waals surface area (Å²) in [5, 5.41) is 6.66. The van der Waals surface area contributed by atoms with E-state index in [-0.39, 0.29) is 11.7 Å². The highest BCUT2D eigenvalue weighted by Crippen LogP contribution is 2.22. The van der Waals surface area contributed by atoms with E-state index in [0.29, 0.717) is 43.4 Å². The fourth-order valence-electron chi connectivity index (χ4n) is 3.17. The molecule has 0 aliphatic carbocycles. The maximum Gasteiger partial charge on any atom is 0.234 e. The molecule has 2 aromatic carbocycles. The molecule has 1 amide bonds. The van der Waals surface area contributed by atoms with Crippen LogP contribution in [-0.4, -0.2) is 52.9 Å². The lowest BCUT2D eigenvalue weighted by atomic mass is 10.1. The first kappa shape index (κ1) is 22.0. The molecule has 0 unspecified atom stereocenters. The Labute approximate surface area is 191 Å². The molecule has 1 aliphatic rings. The Morgan fingerprint density at radius 1 is 1.00 bits per heavy atom. The van der Waals surface area contributed by atoms with Gasteiger partial charge in [-0.2, -0.15) is 15.0 Å². The second-order valence-electron chi connectivity index (χ2n) is 7.47. The fourth-order valence-corrected chi connectivity index (χ4v) is 3.80. The average Bonchev–Trinajstić information content (AvgIpc) is 2.81. The van der Waals surface area contributed by atoms with Crippen molar-refractivity contribution >= 4 is 40.9 Å². The lowest BCUT2D eigenvalue weighted by Crippen LogP contribution is -2.37. The Bertz CT molecular complexity index is 1070. The summed E-state index contributed by atoms with van der Waals surface area (Å²) in [6, 6.07) is 15.6. The Hall–Kier alpha value is -3.17. The van der Waals surface area contributed by atoms with Gasteiger partial charge in [-0.25, -0.2) is 0 Å². The minimum Gasteiger partial charge on any atom is -0.378 e. The van der Waals surface area contributed by atoms with Crippen LogP contribution in [0.25, 0.3) is 0 Å². The molecule has 0 radical (unpaired) electrons. The quantitative estimate of drug-likeness (QED) is 0.525. The molecule has 32 heavy (non-hydrogen) atoms. The van der Waals surface area contributed by atoms with Crippen LogP contribution in [0, 0.1) is 13.8 Å². The van der Waals surface area contributed by atoms with Crippen LogP contribution in [0.5, 0.6) is 0 Å². The van der Waals surface area contributed by atoms with Crippen LogP contribution in [-0.2, 0) is 9.53 Å². The van der Waals surface area contributed by atoms with Crippen molar-refractivity contribution in [3.05, 3.63) is 59.7 Å². The van der Waals surface area contributed by atoms with Crippen molar-refractivity contribution in [3.63, 3.8) is 0 Å². The lowest BCUT2D eigenvalue weighted by Gasteiger charge is -2.27. The summed E-state index contributed by atoms with van der Waals surface area (Å²) in [4.78, 5) is 28.3. The molecule has 0 atom stereocenters. The lowest BCUT2D eigenvalue weighted by molar-refractivity contribution is -0.113. The van der Waals surface area contributed by atoms with Crippen molar-refractivity contribution in [2.75, 3.05) is 47.6 Å². The van der Waals surface area contributed by atoms with Crippen molar-refractivity contribution in [1.29, 1.82) is 0 Å². The number of hydrogen-bond donors (Lipinski definition) is 2. The topological polar surface area (TPSA) is 92.3 Å². The predicted octanol–water partition coefficient (Wildman–Crippen LogP) is 3.80. The first-order valence-electron chi connectivity index (χ1n) is 10.5. The molecular formula is C23H26N6O2S. The highest BCUT2D eigenvalue weighted by atomic mass is 32.2. The number of rotatable bonds is 7. The zero-order valence-corrected chi connectivity index (χ0v) is 19.0. The van der Waals surface area contributed by atoms with Gasteiger partial charge in [-0.05, 0) is 49.2 Å². The molecule has 9 heteroatoms. The molecule has 1 aromatic heterocycles. The molecule has 1 fully saturated rings. The summed E-state index contributed by atoms with van der Waals surface area (Å²) in [6.07, 6.45) is 0. The van der Waals surface area contributed by atoms with Crippen LogP contribution in [0.4, 0.5) is 23.3 Å². The SMILES string of the molecule is Cc1ccc(NC(=O)CSc2nc(Nc3ccccc3)nc(N3CCOCC3)n2)cc1C. The number of amides is 1. The molecule has 3 aromatic rings. The van der Waals surface area contributed by atoms with Crippen molar-refractivity contribution in [3.8, 4) is 0 Å². The fraction of sp³-hybridized carbons (Fsp3) is 0.304. The van der Waals surface area contributed by atoms with Crippen LogP contribution >= 0.6 is 11.8 Å². The van der Waals surface area contributed by atoms with Gasteiger partial charge in [0.15, 0.2) is 5.16 Å². The molecule has 1 saturated heterocycles. The third kappa shape index (κ3) is 5.95.